The molecule has 1 N–H and O–H groups in total. The highest BCUT2D eigenvalue weighted by Gasteiger charge is 2.20. The molecule has 14 heavy (non-hydrogen) atoms. The Morgan fingerprint density at radius 2 is 2.00 bits per heavy atom. The van der Waals surface area contributed by atoms with Gasteiger partial charge in [0, 0.05) is 10.9 Å². The fourth-order valence-electron chi connectivity index (χ4n) is 1.67. The fraction of sp³-hybridized carbons (Fsp3) is 0.333. The first-order chi connectivity index (χ1) is 6.48. The van der Waals surface area contributed by atoms with Crippen molar-refractivity contribution in [3.63, 3.8) is 0 Å². The second-order valence-corrected chi connectivity index (χ2v) is 4.14. The lowest BCUT2D eigenvalue weighted by molar-refractivity contribution is 0.0791. The van der Waals surface area contributed by atoms with Crippen LogP contribution in [-0.4, -0.2) is 5.11 Å². The molecule has 0 fully saturated rings. The molecule has 0 spiro atoms. The zero-order valence-corrected chi connectivity index (χ0v) is 8.66. The Bertz CT molecular complexity index is 461. The van der Waals surface area contributed by atoms with Gasteiger partial charge >= 0.3 is 0 Å². The van der Waals surface area contributed by atoms with E-state index < -0.39 is 5.60 Å². The van der Waals surface area contributed by atoms with Gasteiger partial charge in [-0.05, 0) is 26.8 Å². The molecular formula is C12H14O2. The first kappa shape index (κ1) is 9.28. The number of benzene rings is 1. The Labute approximate surface area is 83.2 Å². The van der Waals surface area contributed by atoms with Crippen LogP contribution in [0.25, 0.3) is 11.0 Å². The minimum Gasteiger partial charge on any atom is -0.461 e. The molecule has 74 valence electrons. The molecule has 0 bridgehead atoms. The van der Waals surface area contributed by atoms with E-state index in [1.807, 2.05) is 31.2 Å². The predicted molar refractivity (Wildman–Crippen MR) is 56.2 cm³/mol. The minimum atomic E-state index is -0.857. The first-order valence-electron chi connectivity index (χ1n) is 4.70. The van der Waals surface area contributed by atoms with Crippen LogP contribution in [0.5, 0.6) is 0 Å². The molecule has 1 heterocycles. The van der Waals surface area contributed by atoms with Crippen molar-refractivity contribution in [2.24, 2.45) is 0 Å². The zero-order chi connectivity index (χ0) is 10.3. The van der Waals surface area contributed by atoms with Gasteiger partial charge in [0.1, 0.15) is 11.3 Å². The van der Waals surface area contributed by atoms with Gasteiger partial charge in [0.2, 0.25) is 0 Å². The summed E-state index contributed by atoms with van der Waals surface area (Å²) < 4.78 is 5.57. The van der Waals surface area contributed by atoms with Crippen molar-refractivity contribution in [1.82, 2.24) is 0 Å². The van der Waals surface area contributed by atoms with Gasteiger partial charge in [-0.1, -0.05) is 18.2 Å². The van der Waals surface area contributed by atoms with Crippen molar-refractivity contribution in [3.8, 4) is 0 Å². The molecule has 0 atom stereocenters. The van der Waals surface area contributed by atoms with Crippen LogP contribution in [0.1, 0.15) is 25.2 Å². The SMILES string of the molecule is Cc1cc2cccc(C(C)(C)O)c2o1. The number of aliphatic hydroxyl groups is 1. The Morgan fingerprint density at radius 1 is 1.29 bits per heavy atom. The van der Waals surface area contributed by atoms with Gasteiger partial charge < -0.3 is 9.52 Å². The monoisotopic (exact) mass is 190 g/mol. The summed E-state index contributed by atoms with van der Waals surface area (Å²) in [5.41, 5.74) is 0.768. The van der Waals surface area contributed by atoms with E-state index in [0.29, 0.717) is 0 Å². The van der Waals surface area contributed by atoms with E-state index in [9.17, 15) is 5.11 Å². The Morgan fingerprint density at radius 3 is 2.64 bits per heavy atom. The molecule has 0 radical (unpaired) electrons. The molecule has 2 heteroatoms. The third-order valence-corrected chi connectivity index (χ3v) is 2.33. The van der Waals surface area contributed by atoms with Gasteiger partial charge in [-0.3, -0.25) is 0 Å². The summed E-state index contributed by atoms with van der Waals surface area (Å²) >= 11 is 0. The van der Waals surface area contributed by atoms with Gasteiger partial charge in [-0.25, -0.2) is 0 Å². The fourth-order valence-corrected chi connectivity index (χ4v) is 1.67. The maximum atomic E-state index is 9.94. The van der Waals surface area contributed by atoms with Crippen LogP contribution in [0.2, 0.25) is 0 Å². The van der Waals surface area contributed by atoms with Crippen LogP contribution in [0.4, 0.5) is 0 Å². The highest BCUT2D eigenvalue weighted by molar-refractivity contribution is 5.81. The number of hydrogen-bond donors (Lipinski definition) is 1. The smallest absolute Gasteiger partial charge is 0.140 e. The number of aryl methyl sites for hydroxylation is 1. The summed E-state index contributed by atoms with van der Waals surface area (Å²) in [6.07, 6.45) is 0. The van der Waals surface area contributed by atoms with Crippen molar-refractivity contribution in [2.75, 3.05) is 0 Å². The van der Waals surface area contributed by atoms with Crippen LogP contribution >= 0.6 is 0 Å². The van der Waals surface area contributed by atoms with E-state index in [1.165, 1.54) is 0 Å². The number of rotatable bonds is 1. The van der Waals surface area contributed by atoms with Gasteiger partial charge in [-0.15, -0.1) is 0 Å². The standard InChI is InChI=1S/C12H14O2/c1-8-7-9-5-4-6-10(11(9)14-8)12(2,3)13/h4-7,13H,1-3H3. The molecular weight excluding hydrogens is 176 g/mol. The number of furan rings is 1. The van der Waals surface area contributed by atoms with E-state index in [1.54, 1.807) is 13.8 Å². The van der Waals surface area contributed by atoms with Crippen molar-refractivity contribution in [1.29, 1.82) is 0 Å². The Hall–Kier alpha value is -1.28. The zero-order valence-electron chi connectivity index (χ0n) is 8.66. The van der Waals surface area contributed by atoms with E-state index in [4.69, 9.17) is 4.42 Å². The van der Waals surface area contributed by atoms with Crippen molar-refractivity contribution in [2.45, 2.75) is 26.4 Å². The molecule has 1 aromatic carbocycles. The average molecular weight is 190 g/mol. The molecule has 0 unspecified atom stereocenters. The lowest BCUT2D eigenvalue weighted by atomic mass is 9.97. The molecule has 0 saturated heterocycles. The lowest BCUT2D eigenvalue weighted by Gasteiger charge is -2.17. The Kier molecular flexibility index (Phi) is 1.89. The van der Waals surface area contributed by atoms with Crippen LogP contribution in [-0.2, 0) is 5.60 Å². The number of hydrogen-bond acceptors (Lipinski definition) is 2. The molecule has 0 aliphatic rings. The normalized spacial score (nSPS) is 12.3. The summed E-state index contributed by atoms with van der Waals surface area (Å²) in [5.74, 6) is 0.872. The van der Waals surface area contributed by atoms with E-state index in [-0.39, 0.29) is 0 Å². The van der Waals surface area contributed by atoms with E-state index >= 15 is 0 Å². The number of fused-ring (bicyclic) bond motifs is 1. The van der Waals surface area contributed by atoms with E-state index in [2.05, 4.69) is 0 Å². The van der Waals surface area contributed by atoms with Gasteiger partial charge in [0.25, 0.3) is 0 Å². The van der Waals surface area contributed by atoms with Crippen LogP contribution < -0.4 is 0 Å². The molecule has 0 saturated carbocycles. The van der Waals surface area contributed by atoms with Gasteiger partial charge in [-0.2, -0.15) is 0 Å². The largest absolute Gasteiger partial charge is 0.461 e. The maximum Gasteiger partial charge on any atom is 0.140 e. The Balaban J connectivity index is 2.77. The van der Waals surface area contributed by atoms with Crippen LogP contribution in [0.15, 0.2) is 28.7 Å². The lowest BCUT2D eigenvalue weighted by Crippen LogP contribution is -2.15. The molecule has 0 amide bonds. The quantitative estimate of drug-likeness (QED) is 0.750. The molecule has 0 aliphatic carbocycles. The van der Waals surface area contributed by atoms with Crippen molar-refractivity contribution >= 4 is 11.0 Å². The summed E-state index contributed by atoms with van der Waals surface area (Å²) in [5, 5.41) is 11.0. The van der Waals surface area contributed by atoms with Gasteiger partial charge in [0.05, 0.1) is 5.60 Å². The molecule has 2 aromatic rings. The van der Waals surface area contributed by atoms with Crippen LogP contribution in [0, 0.1) is 6.92 Å². The second kappa shape index (κ2) is 2.85. The third-order valence-electron chi connectivity index (χ3n) is 2.33. The molecule has 1 aromatic heterocycles. The summed E-state index contributed by atoms with van der Waals surface area (Å²) in [6.45, 7) is 5.44. The molecule has 2 rings (SSSR count). The highest BCUT2D eigenvalue weighted by atomic mass is 16.3. The minimum absolute atomic E-state index is 0.789. The van der Waals surface area contributed by atoms with Crippen molar-refractivity contribution < 1.29 is 9.52 Å². The topological polar surface area (TPSA) is 33.4 Å². The summed E-state index contributed by atoms with van der Waals surface area (Å²) in [7, 11) is 0. The van der Waals surface area contributed by atoms with E-state index in [0.717, 1.165) is 22.3 Å². The highest BCUT2D eigenvalue weighted by Crippen LogP contribution is 2.30. The number of para-hydroxylation sites is 1. The molecule has 0 aliphatic heterocycles. The first-order valence-corrected chi connectivity index (χ1v) is 4.70. The van der Waals surface area contributed by atoms with Gasteiger partial charge in [0.15, 0.2) is 0 Å². The molecule has 2 nitrogen and oxygen atoms in total. The second-order valence-electron chi connectivity index (χ2n) is 4.14. The average Bonchev–Trinajstić information content (AvgIpc) is 2.41. The summed E-state index contributed by atoms with van der Waals surface area (Å²) in [6, 6.07) is 7.79. The summed E-state index contributed by atoms with van der Waals surface area (Å²) in [4.78, 5) is 0. The maximum absolute atomic E-state index is 9.94. The van der Waals surface area contributed by atoms with Crippen molar-refractivity contribution in [3.05, 3.63) is 35.6 Å². The predicted octanol–water partition coefficient (Wildman–Crippen LogP) is 2.97. The van der Waals surface area contributed by atoms with Crippen LogP contribution in [0.3, 0.4) is 0 Å². The third kappa shape index (κ3) is 1.42.